The third kappa shape index (κ3) is 2.76. The molecule has 92 valence electrons. The highest BCUT2D eigenvalue weighted by Crippen LogP contribution is 2.31. The highest BCUT2D eigenvalue weighted by molar-refractivity contribution is 9.10. The molecule has 0 atom stereocenters. The fourth-order valence-electron chi connectivity index (χ4n) is 1.48. The molecule has 2 aromatic rings. The normalized spacial score (nSPS) is 10.2. The maximum Gasteiger partial charge on any atom is 0.165 e. The minimum Gasteiger partial charge on any atom is -0.453 e. The number of aldehydes is 1. The third-order valence-electron chi connectivity index (χ3n) is 2.40. The fraction of sp³-hybridized carbons (Fsp3) is 0.0714. The van der Waals surface area contributed by atoms with Crippen LogP contribution in [0.3, 0.4) is 0 Å². The van der Waals surface area contributed by atoms with Crippen LogP contribution in [0.25, 0.3) is 0 Å². The van der Waals surface area contributed by atoms with Crippen molar-refractivity contribution in [3.8, 4) is 11.5 Å². The van der Waals surface area contributed by atoms with Gasteiger partial charge >= 0.3 is 0 Å². The maximum atomic E-state index is 13.5. The Bertz CT molecular complexity index is 596. The molecule has 2 aromatic carbocycles. The van der Waals surface area contributed by atoms with Crippen molar-refractivity contribution in [2.45, 2.75) is 6.92 Å². The monoisotopic (exact) mass is 308 g/mol. The minimum atomic E-state index is -0.424. The second kappa shape index (κ2) is 5.31. The van der Waals surface area contributed by atoms with Gasteiger partial charge in [0, 0.05) is 5.56 Å². The molecule has 0 bridgehead atoms. The van der Waals surface area contributed by atoms with E-state index in [1.54, 1.807) is 30.3 Å². The Labute approximate surface area is 113 Å². The summed E-state index contributed by atoms with van der Waals surface area (Å²) >= 11 is 3.28. The number of ether oxygens (including phenoxy) is 1. The Balaban J connectivity index is 2.34. The number of hydrogen-bond acceptors (Lipinski definition) is 2. The van der Waals surface area contributed by atoms with E-state index in [1.807, 2.05) is 6.92 Å². The quantitative estimate of drug-likeness (QED) is 0.780. The van der Waals surface area contributed by atoms with Crippen LogP contribution in [0.2, 0.25) is 0 Å². The van der Waals surface area contributed by atoms with Crippen LogP contribution in [0.1, 0.15) is 15.9 Å². The van der Waals surface area contributed by atoms with Crippen molar-refractivity contribution in [3.63, 3.8) is 0 Å². The van der Waals surface area contributed by atoms with Gasteiger partial charge in [0.15, 0.2) is 11.6 Å². The van der Waals surface area contributed by atoms with Gasteiger partial charge < -0.3 is 4.74 Å². The summed E-state index contributed by atoms with van der Waals surface area (Å²) in [5, 5.41) is 0. The molecule has 0 fully saturated rings. The summed E-state index contributed by atoms with van der Waals surface area (Å²) in [7, 11) is 0. The highest BCUT2D eigenvalue weighted by atomic mass is 79.9. The summed E-state index contributed by atoms with van der Waals surface area (Å²) in [6.07, 6.45) is 0.738. The molecule has 0 amide bonds. The number of rotatable bonds is 3. The maximum absolute atomic E-state index is 13.5. The average Bonchev–Trinajstić information content (AvgIpc) is 2.36. The summed E-state index contributed by atoms with van der Waals surface area (Å²) in [6, 6.07) is 9.51. The van der Waals surface area contributed by atoms with E-state index < -0.39 is 5.82 Å². The molecule has 0 unspecified atom stereocenters. The van der Waals surface area contributed by atoms with Crippen LogP contribution in [0.4, 0.5) is 4.39 Å². The zero-order valence-electron chi connectivity index (χ0n) is 9.61. The van der Waals surface area contributed by atoms with Crippen molar-refractivity contribution in [3.05, 3.63) is 57.8 Å². The average molecular weight is 309 g/mol. The first-order valence-corrected chi connectivity index (χ1v) is 6.08. The second-order valence-corrected chi connectivity index (χ2v) is 4.70. The van der Waals surface area contributed by atoms with Crippen LogP contribution in [0.5, 0.6) is 11.5 Å². The minimum absolute atomic E-state index is 0.162. The summed E-state index contributed by atoms with van der Waals surface area (Å²) in [4.78, 5) is 10.6. The van der Waals surface area contributed by atoms with Gasteiger partial charge in [-0.3, -0.25) is 4.79 Å². The fourth-order valence-corrected chi connectivity index (χ4v) is 1.96. The molecule has 4 heteroatoms. The molecule has 0 aliphatic heterocycles. The largest absolute Gasteiger partial charge is 0.453 e. The first-order chi connectivity index (χ1) is 8.60. The van der Waals surface area contributed by atoms with Gasteiger partial charge in [0.1, 0.15) is 12.0 Å². The molecule has 2 rings (SSSR count). The Kier molecular flexibility index (Phi) is 3.77. The first kappa shape index (κ1) is 12.8. The predicted octanol–water partition coefficient (Wildman–Crippen LogP) is 4.50. The van der Waals surface area contributed by atoms with Gasteiger partial charge in [-0.2, -0.15) is 0 Å². The van der Waals surface area contributed by atoms with E-state index in [0.717, 1.165) is 11.8 Å². The van der Waals surface area contributed by atoms with Crippen LogP contribution in [-0.4, -0.2) is 6.29 Å². The first-order valence-electron chi connectivity index (χ1n) is 5.29. The van der Waals surface area contributed by atoms with Crippen molar-refractivity contribution in [2.75, 3.05) is 0 Å². The molecule has 0 aliphatic rings. The predicted molar refractivity (Wildman–Crippen MR) is 70.7 cm³/mol. The Morgan fingerprint density at radius 3 is 2.61 bits per heavy atom. The van der Waals surface area contributed by atoms with Gasteiger partial charge in [0.2, 0.25) is 0 Å². The number of carbonyl (C=O) groups excluding carboxylic acids is 1. The zero-order chi connectivity index (χ0) is 13.1. The van der Waals surface area contributed by atoms with Crippen LogP contribution in [0.15, 0.2) is 40.9 Å². The lowest BCUT2D eigenvalue weighted by Crippen LogP contribution is -1.91. The molecule has 0 saturated carbocycles. The standard InChI is InChI=1S/C14H10BrFO2/c1-9-2-4-12(16)14(6-9)18-13-5-3-10(8-17)7-11(13)15/h2-8H,1H3. The lowest BCUT2D eigenvalue weighted by molar-refractivity contribution is 0.112. The van der Waals surface area contributed by atoms with Crippen molar-refractivity contribution in [1.29, 1.82) is 0 Å². The molecule has 18 heavy (non-hydrogen) atoms. The molecular weight excluding hydrogens is 299 g/mol. The molecular formula is C14H10BrFO2. The van der Waals surface area contributed by atoms with E-state index in [9.17, 15) is 9.18 Å². The number of carbonyl (C=O) groups is 1. The van der Waals surface area contributed by atoms with Crippen molar-refractivity contribution in [1.82, 2.24) is 0 Å². The molecule has 0 N–H and O–H groups in total. The van der Waals surface area contributed by atoms with E-state index >= 15 is 0 Å². The Morgan fingerprint density at radius 2 is 1.94 bits per heavy atom. The molecule has 2 nitrogen and oxygen atoms in total. The summed E-state index contributed by atoms with van der Waals surface area (Å²) in [5.74, 6) is 0.201. The Morgan fingerprint density at radius 1 is 1.17 bits per heavy atom. The van der Waals surface area contributed by atoms with Crippen molar-refractivity contribution >= 4 is 22.2 Å². The van der Waals surface area contributed by atoms with Gasteiger partial charge in [0.05, 0.1) is 4.47 Å². The number of aryl methyl sites for hydroxylation is 1. The summed E-state index contributed by atoms with van der Waals surface area (Å²) < 4.78 is 19.6. The number of benzene rings is 2. The highest BCUT2D eigenvalue weighted by Gasteiger charge is 2.08. The Hall–Kier alpha value is -1.68. The SMILES string of the molecule is Cc1ccc(F)c(Oc2ccc(C=O)cc2Br)c1. The molecule has 0 spiro atoms. The van der Waals surface area contributed by atoms with E-state index in [0.29, 0.717) is 15.8 Å². The van der Waals surface area contributed by atoms with Crippen molar-refractivity contribution in [2.24, 2.45) is 0 Å². The zero-order valence-corrected chi connectivity index (χ0v) is 11.2. The van der Waals surface area contributed by atoms with E-state index in [2.05, 4.69) is 15.9 Å². The van der Waals surface area contributed by atoms with Gasteiger partial charge in [-0.05, 0) is 58.7 Å². The molecule has 0 heterocycles. The third-order valence-corrected chi connectivity index (χ3v) is 3.02. The lowest BCUT2D eigenvalue weighted by Gasteiger charge is -2.09. The summed E-state index contributed by atoms with van der Waals surface area (Å²) in [6.45, 7) is 1.86. The van der Waals surface area contributed by atoms with E-state index in [-0.39, 0.29) is 5.75 Å². The number of halogens is 2. The van der Waals surface area contributed by atoms with E-state index in [4.69, 9.17) is 4.74 Å². The molecule has 0 saturated heterocycles. The van der Waals surface area contributed by atoms with Gasteiger partial charge in [-0.15, -0.1) is 0 Å². The van der Waals surface area contributed by atoms with Gasteiger partial charge in [-0.1, -0.05) is 6.07 Å². The molecule has 0 aliphatic carbocycles. The number of hydrogen-bond donors (Lipinski definition) is 0. The summed E-state index contributed by atoms with van der Waals surface area (Å²) in [5.41, 5.74) is 1.44. The van der Waals surface area contributed by atoms with Crippen LogP contribution in [-0.2, 0) is 0 Å². The molecule has 0 aromatic heterocycles. The lowest BCUT2D eigenvalue weighted by atomic mass is 10.2. The van der Waals surface area contributed by atoms with E-state index in [1.165, 1.54) is 6.07 Å². The van der Waals surface area contributed by atoms with Gasteiger partial charge in [0.25, 0.3) is 0 Å². The van der Waals surface area contributed by atoms with Crippen LogP contribution in [0, 0.1) is 12.7 Å². The molecule has 0 radical (unpaired) electrons. The van der Waals surface area contributed by atoms with Crippen LogP contribution < -0.4 is 4.74 Å². The van der Waals surface area contributed by atoms with Crippen molar-refractivity contribution < 1.29 is 13.9 Å². The smallest absolute Gasteiger partial charge is 0.165 e. The topological polar surface area (TPSA) is 26.3 Å². The van der Waals surface area contributed by atoms with Gasteiger partial charge in [-0.25, -0.2) is 4.39 Å². The van der Waals surface area contributed by atoms with Crippen LogP contribution >= 0.6 is 15.9 Å². The second-order valence-electron chi connectivity index (χ2n) is 3.84.